The molecule has 6 heteroatoms. The van der Waals surface area contributed by atoms with Gasteiger partial charge < -0.3 is 20.5 Å². The number of aliphatic carboxylic acids is 1. The zero-order valence-electron chi connectivity index (χ0n) is 9.58. The van der Waals surface area contributed by atoms with Gasteiger partial charge in [0, 0.05) is 13.2 Å². The van der Waals surface area contributed by atoms with Crippen LogP contribution in [0.3, 0.4) is 0 Å². The van der Waals surface area contributed by atoms with Gasteiger partial charge >= 0.3 is 12.0 Å². The Morgan fingerprint density at radius 3 is 2.75 bits per heavy atom. The van der Waals surface area contributed by atoms with E-state index in [1.807, 2.05) is 13.8 Å². The van der Waals surface area contributed by atoms with Crippen molar-refractivity contribution in [1.82, 2.24) is 10.6 Å². The highest BCUT2D eigenvalue weighted by atomic mass is 16.5. The number of rotatable bonds is 4. The third-order valence-corrected chi connectivity index (χ3v) is 2.91. The van der Waals surface area contributed by atoms with Crippen molar-refractivity contribution >= 4 is 12.0 Å². The maximum Gasteiger partial charge on any atom is 0.315 e. The van der Waals surface area contributed by atoms with Crippen molar-refractivity contribution < 1.29 is 19.4 Å². The first-order valence-electron chi connectivity index (χ1n) is 5.33. The Balaban J connectivity index is 2.31. The first-order valence-corrected chi connectivity index (χ1v) is 5.33. The second-order valence-electron chi connectivity index (χ2n) is 4.21. The van der Waals surface area contributed by atoms with E-state index >= 15 is 0 Å². The van der Waals surface area contributed by atoms with Crippen LogP contribution in [0.25, 0.3) is 0 Å². The lowest BCUT2D eigenvalue weighted by atomic mass is 9.95. The summed E-state index contributed by atoms with van der Waals surface area (Å²) in [5.41, 5.74) is -0.368. The van der Waals surface area contributed by atoms with Crippen molar-refractivity contribution in [2.24, 2.45) is 0 Å². The van der Waals surface area contributed by atoms with Gasteiger partial charge in [0.25, 0.3) is 0 Å². The predicted molar refractivity (Wildman–Crippen MR) is 57.2 cm³/mol. The largest absolute Gasteiger partial charge is 0.481 e. The molecule has 0 aromatic heterocycles. The number of ether oxygens (including phenoxy) is 1. The highest BCUT2D eigenvalue weighted by molar-refractivity contribution is 5.75. The molecule has 92 valence electrons. The van der Waals surface area contributed by atoms with Gasteiger partial charge in [-0.25, -0.2) is 4.79 Å². The van der Waals surface area contributed by atoms with Gasteiger partial charge in [0.2, 0.25) is 0 Å². The molecule has 3 N–H and O–H groups in total. The lowest BCUT2D eigenvalue weighted by Gasteiger charge is -2.28. The Morgan fingerprint density at radius 2 is 2.25 bits per heavy atom. The van der Waals surface area contributed by atoms with Crippen LogP contribution in [0.2, 0.25) is 0 Å². The number of carboxylic acid groups (broad SMARTS) is 1. The summed E-state index contributed by atoms with van der Waals surface area (Å²) >= 11 is 0. The molecule has 1 rings (SSSR count). The maximum atomic E-state index is 11.5. The number of carbonyl (C=O) groups is 2. The minimum Gasteiger partial charge on any atom is -0.481 e. The lowest BCUT2D eigenvalue weighted by Crippen LogP contribution is -2.54. The molecule has 0 bridgehead atoms. The predicted octanol–water partition coefficient (Wildman–Crippen LogP) is 0.328. The van der Waals surface area contributed by atoms with Crippen LogP contribution < -0.4 is 10.6 Å². The summed E-state index contributed by atoms with van der Waals surface area (Å²) in [6.07, 6.45) is 0.661. The standard InChI is InChI=1S/C10H18N2O4/c1-7-10(2,4-6-16-7)12-9(15)11-5-3-8(13)14/h7H,3-6H2,1-2H3,(H,13,14)(H2,11,12,15). The molecular formula is C10H18N2O4. The molecule has 0 radical (unpaired) electrons. The zero-order chi connectivity index (χ0) is 12.2. The Morgan fingerprint density at radius 1 is 1.56 bits per heavy atom. The molecule has 16 heavy (non-hydrogen) atoms. The summed E-state index contributed by atoms with van der Waals surface area (Å²) in [5, 5.41) is 13.7. The fourth-order valence-corrected chi connectivity index (χ4v) is 1.59. The Bertz CT molecular complexity index is 282. The van der Waals surface area contributed by atoms with Crippen LogP contribution in [-0.2, 0) is 9.53 Å². The van der Waals surface area contributed by atoms with Crippen LogP contribution in [0.15, 0.2) is 0 Å². The number of urea groups is 1. The highest BCUT2D eigenvalue weighted by Gasteiger charge is 2.38. The Hall–Kier alpha value is -1.30. The van der Waals surface area contributed by atoms with Gasteiger partial charge in [-0.15, -0.1) is 0 Å². The number of hydrogen-bond acceptors (Lipinski definition) is 3. The molecule has 1 fully saturated rings. The lowest BCUT2D eigenvalue weighted by molar-refractivity contribution is -0.136. The van der Waals surface area contributed by atoms with Crippen LogP contribution in [0, 0.1) is 0 Å². The molecule has 1 saturated heterocycles. The number of hydrogen-bond donors (Lipinski definition) is 3. The molecule has 6 nitrogen and oxygen atoms in total. The van der Waals surface area contributed by atoms with Gasteiger partial charge in [-0.1, -0.05) is 0 Å². The molecule has 0 aromatic carbocycles. The Labute approximate surface area is 94.3 Å². The van der Waals surface area contributed by atoms with Crippen molar-refractivity contribution in [2.45, 2.75) is 38.3 Å². The average molecular weight is 230 g/mol. The molecule has 2 unspecified atom stereocenters. The third-order valence-electron chi connectivity index (χ3n) is 2.91. The van der Waals surface area contributed by atoms with Crippen molar-refractivity contribution in [2.75, 3.05) is 13.2 Å². The van der Waals surface area contributed by atoms with Crippen LogP contribution in [-0.4, -0.2) is 41.9 Å². The number of carboxylic acids is 1. The van der Waals surface area contributed by atoms with E-state index in [0.29, 0.717) is 6.61 Å². The first kappa shape index (κ1) is 12.8. The molecule has 0 spiro atoms. The molecule has 1 aliphatic heterocycles. The van der Waals surface area contributed by atoms with E-state index in [1.165, 1.54) is 0 Å². The third kappa shape index (κ3) is 3.37. The summed E-state index contributed by atoms with van der Waals surface area (Å²) in [7, 11) is 0. The summed E-state index contributed by atoms with van der Waals surface area (Å²) in [5.74, 6) is -0.927. The smallest absolute Gasteiger partial charge is 0.315 e. The van der Waals surface area contributed by atoms with E-state index in [-0.39, 0.29) is 30.6 Å². The quantitative estimate of drug-likeness (QED) is 0.649. The molecule has 2 amide bonds. The van der Waals surface area contributed by atoms with Gasteiger partial charge in [0.05, 0.1) is 18.1 Å². The second-order valence-corrected chi connectivity index (χ2v) is 4.21. The Kier molecular flexibility index (Phi) is 4.12. The fraction of sp³-hybridized carbons (Fsp3) is 0.800. The van der Waals surface area contributed by atoms with E-state index in [2.05, 4.69) is 10.6 Å². The summed E-state index contributed by atoms with van der Waals surface area (Å²) in [6.45, 7) is 4.59. The average Bonchev–Trinajstić information content (AvgIpc) is 2.46. The molecule has 0 saturated carbocycles. The molecular weight excluding hydrogens is 212 g/mol. The van der Waals surface area contributed by atoms with Crippen LogP contribution >= 0.6 is 0 Å². The summed E-state index contributed by atoms with van der Waals surface area (Å²) in [6, 6.07) is -0.346. The number of nitrogens with one attached hydrogen (secondary N) is 2. The van der Waals surface area contributed by atoms with Gasteiger partial charge in [0.1, 0.15) is 0 Å². The van der Waals surface area contributed by atoms with Crippen LogP contribution in [0.5, 0.6) is 0 Å². The zero-order valence-corrected chi connectivity index (χ0v) is 9.58. The molecule has 0 aliphatic carbocycles. The topological polar surface area (TPSA) is 87.7 Å². The number of carbonyl (C=O) groups excluding carboxylic acids is 1. The van der Waals surface area contributed by atoms with Gasteiger partial charge in [0.15, 0.2) is 0 Å². The molecule has 1 aliphatic rings. The first-order chi connectivity index (χ1) is 7.44. The van der Waals surface area contributed by atoms with Crippen LogP contribution in [0.1, 0.15) is 26.7 Å². The summed E-state index contributed by atoms with van der Waals surface area (Å²) in [4.78, 5) is 21.7. The SMILES string of the molecule is CC1OCCC1(C)NC(=O)NCCC(=O)O. The molecule has 1 heterocycles. The van der Waals surface area contributed by atoms with Gasteiger partial charge in [-0.05, 0) is 20.3 Å². The maximum absolute atomic E-state index is 11.5. The van der Waals surface area contributed by atoms with Crippen LogP contribution in [0.4, 0.5) is 4.79 Å². The monoisotopic (exact) mass is 230 g/mol. The second kappa shape index (κ2) is 5.16. The molecule has 2 atom stereocenters. The van der Waals surface area contributed by atoms with E-state index in [0.717, 1.165) is 6.42 Å². The van der Waals surface area contributed by atoms with Gasteiger partial charge in [-0.3, -0.25) is 4.79 Å². The minimum atomic E-state index is -0.927. The van der Waals surface area contributed by atoms with Crippen molar-refractivity contribution in [3.8, 4) is 0 Å². The van der Waals surface area contributed by atoms with Crippen molar-refractivity contribution in [1.29, 1.82) is 0 Å². The summed E-state index contributed by atoms with van der Waals surface area (Å²) < 4.78 is 5.38. The van der Waals surface area contributed by atoms with E-state index < -0.39 is 5.97 Å². The highest BCUT2D eigenvalue weighted by Crippen LogP contribution is 2.24. The molecule has 0 aromatic rings. The number of amides is 2. The minimum absolute atomic E-state index is 0.0299. The normalized spacial score (nSPS) is 28.8. The van der Waals surface area contributed by atoms with E-state index in [4.69, 9.17) is 9.84 Å². The fourth-order valence-electron chi connectivity index (χ4n) is 1.59. The van der Waals surface area contributed by atoms with Gasteiger partial charge in [-0.2, -0.15) is 0 Å². The van der Waals surface area contributed by atoms with Crippen molar-refractivity contribution in [3.05, 3.63) is 0 Å². The van der Waals surface area contributed by atoms with Crippen molar-refractivity contribution in [3.63, 3.8) is 0 Å². The van der Waals surface area contributed by atoms with E-state index in [9.17, 15) is 9.59 Å². The van der Waals surface area contributed by atoms with E-state index in [1.54, 1.807) is 0 Å².